The predicted octanol–water partition coefficient (Wildman–Crippen LogP) is 4.84. The average Bonchev–Trinajstić information content (AvgIpc) is 3.26. The minimum absolute atomic E-state index is 0.115. The van der Waals surface area contributed by atoms with E-state index in [0.717, 1.165) is 27.1 Å². The molecule has 1 aromatic carbocycles. The summed E-state index contributed by atoms with van der Waals surface area (Å²) in [5.74, 6) is 0.166. The van der Waals surface area contributed by atoms with E-state index >= 15 is 0 Å². The molecule has 0 atom stereocenters. The van der Waals surface area contributed by atoms with Gasteiger partial charge in [0.1, 0.15) is 17.3 Å². The molecule has 0 aliphatic rings. The van der Waals surface area contributed by atoms with E-state index in [1.807, 2.05) is 30.5 Å². The number of rotatable bonds is 5. The van der Waals surface area contributed by atoms with Crippen LogP contribution in [0.3, 0.4) is 0 Å². The summed E-state index contributed by atoms with van der Waals surface area (Å²) >= 11 is 1.57. The number of thiophene rings is 1. The van der Waals surface area contributed by atoms with E-state index in [0.29, 0.717) is 17.9 Å². The molecule has 3 aromatic heterocycles. The molecule has 146 valence electrons. The Morgan fingerprint density at radius 3 is 2.52 bits per heavy atom. The summed E-state index contributed by atoms with van der Waals surface area (Å²) in [7, 11) is 1.78. The van der Waals surface area contributed by atoms with Crippen LogP contribution in [0.2, 0.25) is 0 Å². The van der Waals surface area contributed by atoms with Gasteiger partial charge in [-0.05, 0) is 65.9 Å². The molecule has 0 aliphatic carbocycles. The number of amides is 1. The molecule has 1 amide bonds. The highest BCUT2D eigenvalue weighted by atomic mass is 32.1. The summed E-state index contributed by atoms with van der Waals surface area (Å²) in [5.41, 5.74) is 4.23. The van der Waals surface area contributed by atoms with Crippen LogP contribution >= 0.6 is 11.3 Å². The SMILES string of the molecule is Cc1csc(CC(=O)Nc2c(-c3ccncc3)c(-c3ccc(F)cc3)nn2C)c1. The van der Waals surface area contributed by atoms with Crippen molar-refractivity contribution in [3.05, 3.63) is 76.5 Å². The summed E-state index contributed by atoms with van der Waals surface area (Å²) in [6, 6.07) is 11.9. The van der Waals surface area contributed by atoms with Crippen molar-refractivity contribution in [2.75, 3.05) is 5.32 Å². The number of nitrogens with zero attached hydrogens (tertiary/aromatic N) is 3. The Balaban J connectivity index is 1.74. The number of anilines is 1. The second-order valence-corrected chi connectivity index (χ2v) is 7.75. The van der Waals surface area contributed by atoms with E-state index in [9.17, 15) is 9.18 Å². The molecule has 4 rings (SSSR count). The van der Waals surface area contributed by atoms with Gasteiger partial charge in [0.05, 0.1) is 12.0 Å². The van der Waals surface area contributed by atoms with Crippen LogP contribution < -0.4 is 5.32 Å². The number of aryl methyl sites for hydroxylation is 2. The first kappa shape index (κ1) is 19.0. The van der Waals surface area contributed by atoms with Gasteiger partial charge in [-0.25, -0.2) is 4.39 Å². The van der Waals surface area contributed by atoms with Crippen LogP contribution in [-0.2, 0) is 18.3 Å². The van der Waals surface area contributed by atoms with Crippen molar-refractivity contribution in [3.63, 3.8) is 0 Å². The number of carbonyl (C=O) groups is 1. The van der Waals surface area contributed by atoms with Crippen LogP contribution in [0.1, 0.15) is 10.4 Å². The number of hydrogen-bond acceptors (Lipinski definition) is 4. The number of pyridine rings is 1. The number of carbonyl (C=O) groups excluding carboxylic acids is 1. The lowest BCUT2D eigenvalue weighted by molar-refractivity contribution is -0.115. The normalized spacial score (nSPS) is 10.9. The Morgan fingerprint density at radius 2 is 1.86 bits per heavy atom. The molecule has 0 fully saturated rings. The standard InChI is InChI=1S/C22H19FN4OS/c1-14-11-18(29-13-14)12-19(28)25-22-20(15-7-9-24-10-8-15)21(26-27(22)2)16-3-5-17(23)6-4-16/h3-11,13H,12H2,1-2H3,(H,25,28). The van der Waals surface area contributed by atoms with Crippen molar-refractivity contribution in [1.82, 2.24) is 14.8 Å². The van der Waals surface area contributed by atoms with Gasteiger partial charge >= 0.3 is 0 Å². The van der Waals surface area contributed by atoms with Crippen molar-refractivity contribution < 1.29 is 9.18 Å². The van der Waals surface area contributed by atoms with Gasteiger partial charge in [0.25, 0.3) is 0 Å². The highest BCUT2D eigenvalue weighted by Gasteiger charge is 2.21. The van der Waals surface area contributed by atoms with E-state index in [1.165, 1.54) is 12.1 Å². The first-order chi connectivity index (χ1) is 14.0. The highest BCUT2D eigenvalue weighted by Crippen LogP contribution is 2.37. The summed E-state index contributed by atoms with van der Waals surface area (Å²) in [4.78, 5) is 17.8. The van der Waals surface area contributed by atoms with E-state index in [2.05, 4.69) is 15.4 Å². The van der Waals surface area contributed by atoms with Crippen molar-refractivity contribution in [2.45, 2.75) is 13.3 Å². The van der Waals surface area contributed by atoms with Gasteiger partial charge < -0.3 is 5.32 Å². The van der Waals surface area contributed by atoms with Gasteiger partial charge in [-0.2, -0.15) is 5.10 Å². The minimum atomic E-state index is -0.310. The lowest BCUT2D eigenvalue weighted by Crippen LogP contribution is -2.16. The summed E-state index contributed by atoms with van der Waals surface area (Å²) < 4.78 is 15.0. The van der Waals surface area contributed by atoms with Crippen molar-refractivity contribution in [3.8, 4) is 22.4 Å². The maximum absolute atomic E-state index is 13.4. The molecule has 7 heteroatoms. The molecule has 5 nitrogen and oxygen atoms in total. The van der Waals surface area contributed by atoms with Crippen molar-refractivity contribution in [1.29, 1.82) is 0 Å². The molecular formula is C22H19FN4OS. The van der Waals surface area contributed by atoms with E-state index in [1.54, 1.807) is 47.6 Å². The number of aromatic nitrogens is 3. The maximum atomic E-state index is 13.4. The molecule has 1 N–H and O–H groups in total. The first-order valence-corrected chi connectivity index (χ1v) is 9.96. The maximum Gasteiger partial charge on any atom is 0.230 e. The molecule has 3 heterocycles. The molecule has 29 heavy (non-hydrogen) atoms. The minimum Gasteiger partial charge on any atom is -0.310 e. The molecule has 0 aliphatic heterocycles. The smallest absolute Gasteiger partial charge is 0.230 e. The summed E-state index contributed by atoms with van der Waals surface area (Å²) in [6.07, 6.45) is 3.68. The van der Waals surface area contributed by atoms with Gasteiger partial charge in [0.15, 0.2) is 0 Å². The lowest BCUT2D eigenvalue weighted by atomic mass is 10.0. The lowest BCUT2D eigenvalue weighted by Gasteiger charge is -2.09. The molecule has 4 aromatic rings. The third-order valence-electron chi connectivity index (χ3n) is 4.51. The molecule has 0 saturated carbocycles. The quantitative estimate of drug-likeness (QED) is 0.516. The fraction of sp³-hybridized carbons (Fsp3) is 0.136. The highest BCUT2D eigenvalue weighted by molar-refractivity contribution is 7.10. The topological polar surface area (TPSA) is 59.8 Å². The largest absolute Gasteiger partial charge is 0.310 e. The van der Waals surface area contributed by atoms with E-state index < -0.39 is 0 Å². The summed E-state index contributed by atoms with van der Waals surface area (Å²) in [6.45, 7) is 2.01. The summed E-state index contributed by atoms with van der Waals surface area (Å²) in [5, 5.41) is 9.65. The number of hydrogen-bond donors (Lipinski definition) is 1. The van der Waals surface area contributed by atoms with Crippen molar-refractivity contribution >= 4 is 23.1 Å². The second-order valence-electron chi connectivity index (χ2n) is 6.75. The Morgan fingerprint density at radius 1 is 1.14 bits per heavy atom. The number of nitrogens with one attached hydrogen (secondary N) is 1. The van der Waals surface area contributed by atoms with Gasteiger partial charge in [-0.3, -0.25) is 14.5 Å². The molecular weight excluding hydrogens is 387 g/mol. The van der Waals surface area contributed by atoms with Gasteiger partial charge in [0.2, 0.25) is 5.91 Å². The molecule has 0 bridgehead atoms. The van der Waals surface area contributed by atoms with Crippen LogP contribution in [-0.4, -0.2) is 20.7 Å². The zero-order valence-corrected chi connectivity index (χ0v) is 16.8. The predicted molar refractivity (Wildman–Crippen MR) is 113 cm³/mol. The Hall–Kier alpha value is -3.32. The number of benzene rings is 1. The van der Waals surface area contributed by atoms with Crippen LogP contribution in [0.15, 0.2) is 60.2 Å². The zero-order valence-electron chi connectivity index (χ0n) is 16.0. The third kappa shape index (κ3) is 4.09. The van der Waals surface area contributed by atoms with Gasteiger partial charge in [-0.15, -0.1) is 11.3 Å². The third-order valence-corrected chi connectivity index (χ3v) is 5.57. The first-order valence-electron chi connectivity index (χ1n) is 9.08. The molecule has 0 radical (unpaired) electrons. The van der Waals surface area contributed by atoms with Gasteiger partial charge in [0, 0.05) is 29.9 Å². The second kappa shape index (κ2) is 7.97. The van der Waals surface area contributed by atoms with Gasteiger partial charge in [-0.1, -0.05) is 0 Å². The van der Waals surface area contributed by atoms with Crippen molar-refractivity contribution in [2.24, 2.45) is 7.05 Å². The van der Waals surface area contributed by atoms with Crippen LogP contribution in [0, 0.1) is 12.7 Å². The Labute approximate surface area is 171 Å². The van der Waals surface area contributed by atoms with E-state index in [4.69, 9.17) is 0 Å². The monoisotopic (exact) mass is 406 g/mol. The van der Waals surface area contributed by atoms with Crippen LogP contribution in [0.25, 0.3) is 22.4 Å². The van der Waals surface area contributed by atoms with Crippen LogP contribution in [0.4, 0.5) is 10.2 Å². The fourth-order valence-electron chi connectivity index (χ4n) is 3.19. The Kier molecular flexibility index (Phi) is 5.22. The Bertz CT molecular complexity index is 1150. The number of halogens is 1. The zero-order chi connectivity index (χ0) is 20.4. The van der Waals surface area contributed by atoms with E-state index in [-0.39, 0.29) is 11.7 Å². The average molecular weight is 406 g/mol. The molecule has 0 saturated heterocycles. The molecule has 0 spiro atoms. The van der Waals surface area contributed by atoms with Crippen LogP contribution in [0.5, 0.6) is 0 Å². The fourth-order valence-corrected chi connectivity index (χ4v) is 4.06. The molecule has 0 unspecified atom stereocenters.